The molecule has 0 spiro atoms. The van der Waals surface area contributed by atoms with Crippen molar-refractivity contribution >= 4 is 28.7 Å². The van der Waals surface area contributed by atoms with Gasteiger partial charge in [0.2, 0.25) is 5.95 Å². The molecule has 3 aromatic rings. The zero-order valence-corrected chi connectivity index (χ0v) is 16.0. The number of nitrogens with zero attached hydrogens (tertiary/aromatic N) is 4. The molecular formula is C18H22ClN5O2. The van der Waals surface area contributed by atoms with Gasteiger partial charge in [-0.25, -0.2) is 4.79 Å². The number of hydrogen-bond donors (Lipinski definition) is 1. The van der Waals surface area contributed by atoms with Crippen LogP contribution >= 0.6 is 11.6 Å². The molecule has 0 saturated heterocycles. The van der Waals surface area contributed by atoms with Crippen molar-refractivity contribution in [2.75, 3.05) is 5.32 Å². The highest BCUT2D eigenvalue weighted by Crippen LogP contribution is 2.22. The second-order valence-corrected chi connectivity index (χ2v) is 6.85. The Balaban J connectivity index is 2.30. The minimum atomic E-state index is -0.403. The lowest BCUT2D eigenvalue weighted by Gasteiger charge is -2.15. The Kier molecular flexibility index (Phi) is 4.91. The summed E-state index contributed by atoms with van der Waals surface area (Å²) in [5.41, 5.74) is 0.827. The largest absolute Gasteiger partial charge is 0.353 e. The number of fused-ring (bicyclic) bond motifs is 1. The van der Waals surface area contributed by atoms with Crippen molar-refractivity contribution in [1.29, 1.82) is 0 Å². The molecule has 0 bridgehead atoms. The summed E-state index contributed by atoms with van der Waals surface area (Å²) < 4.78 is 4.28. The zero-order chi connectivity index (χ0) is 19.0. The lowest BCUT2D eigenvalue weighted by Crippen LogP contribution is -2.37. The second kappa shape index (κ2) is 6.99. The summed E-state index contributed by atoms with van der Waals surface area (Å²) in [6.45, 7) is 4.48. The highest BCUT2D eigenvalue weighted by molar-refractivity contribution is 6.31. The first-order valence-corrected chi connectivity index (χ1v) is 8.89. The molecule has 0 aliphatic carbocycles. The first kappa shape index (κ1) is 18.3. The number of benzene rings is 1. The highest BCUT2D eigenvalue weighted by atomic mass is 35.5. The fraction of sp³-hybridized carbons (Fsp3) is 0.389. The van der Waals surface area contributed by atoms with Gasteiger partial charge < -0.3 is 5.32 Å². The first-order valence-electron chi connectivity index (χ1n) is 8.51. The molecule has 3 rings (SSSR count). The summed E-state index contributed by atoms with van der Waals surface area (Å²) in [5.74, 6) is 0.549. The molecule has 1 unspecified atom stereocenters. The van der Waals surface area contributed by atoms with Crippen molar-refractivity contribution in [1.82, 2.24) is 18.7 Å². The number of aromatic nitrogens is 4. The van der Waals surface area contributed by atoms with Gasteiger partial charge in [-0.05, 0) is 25.0 Å². The summed E-state index contributed by atoms with van der Waals surface area (Å²) in [4.78, 5) is 29.6. The van der Waals surface area contributed by atoms with E-state index in [1.165, 1.54) is 11.6 Å². The predicted molar refractivity (Wildman–Crippen MR) is 104 cm³/mol. The van der Waals surface area contributed by atoms with Crippen molar-refractivity contribution in [2.24, 2.45) is 14.1 Å². The van der Waals surface area contributed by atoms with Gasteiger partial charge in [0.05, 0.1) is 6.54 Å². The monoisotopic (exact) mass is 375 g/mol. The molecule has 7 nitrogen and oxygen atoms in total. The number of anilines is 1. The van der Waals surface area contributed by atoms with Gasteiger partial charge in [-0.1, -0.05) is 36.7 Å². The number of aryl methyl sites for hydroxylation is 1. The molecule has 1 atom stereocenters. The maximum absolute atomic E-state index is 12.8. The molecule has 26 heavy (non-hydrogen) atoms. The van der Waals surface area contributed by atoms with E-state index >= 15 is 0 Å². The third-order valence-electron chi connectivity index (χ3n) is 4.62. The van der Waals surface area contributed by atoms with Crippen LogP contribution in [-0.4, -0.2) is 24.7 Å². The number of halogens is 1. The minimum absolute atomic E-state index is 0.165. The van der Waals surface area contributed by atoms with Crippen LogP contribution in [-0.2, 0) is 20.6 Å². The number of imidazole rings is 1. The molecule has 1 aromatic carbocycles. The Hall–Kier alpha value is -2.54. The summed E-state index contributed by atoms with van der Waals surface area (Å²) in [7, 11) is 3.09. The maximum atomic E-state index is 12.8. The van der Waals surface area contributed by atoms with Crippen molar-refractivity contribution < 1.29 is 0 Å². The van der Waals surface area contributed by atoms with Crippen LogP contribution in [0.2, 0.25) is 5.02 Å². The molecule has 0 saturated carbocycles. The molecule has 1 N–H and O–H groups in total. The van der Waals surface area contributed by atoms with Crippen LogP contribution < -0.4 is 16.6 Å². The van der Waals surface area contributed by atoms with E-state index in [1.807, 2.05) is 31.2 Å². The highest BCUT2D eigenvalue weighted by Gasteiger charge is 2.20. The van der Waals surface area contributed by atoms with Crippen LogP contribution in [0.3, 0.4) is 0 Å². The van der Waals surface area contributed by atoms with Crippen LogP contribution in [0.4, 0.5) is 5.95 Å². The van der Waals surface area contributed by atoms with E-state index in [0.29, 0.717) is 28.7 Å². The van der Waals surface area contributed by atoms with Gasteiger partial charge in [-0.3, -0.25) is 18.5 Å². The minimum Gasteiger partial charge on any atom is -0.353 e. The van der Waals surface area contributed by atoms with Gasteiger partial charge in [0, 0.05) is 25.2 Å². The van der Waals surface area contributed by atoms with Crippen LogP contribution in [0.25, 0.3) is 11.2 Å². The Bertz CT molecular complexity index is 1080. The van der Waals surface area contributed by atoms with E-state index in [-0.39, 0.29) is 11.6 Å². The second-order valence-electron chi connectivity index (χ2n) is 6.44. The quantitative estimate of drug-likeness (QED) is 0.742. The Morgan fingerprint density at radius 2 is 1.88 bits per heavy atom. The fourth-order valence-corrected chi connectivity index (χ4v) is 3.03. The SMILES string of the molecule is CCC(C)Nc1nc2c(c(=O)n(C)c(=O)n2C)n1Cc1ccccc1Cl. The average Bonchev–Trinajstić information content (AvgIpc) is 2.98. The molecular weight excluding hydrogens is 354 g/mol. The maximum Gasteiger partial charge on any atom is 0.332 e. The van der Waals surface area contributed by atoms with Crippen molar-refractivity contribution in [3.05, 3.63) is 55.7 Å². The normalized spacial score (nSPS) is 12.5. The molecule has 0 radical (unpaired) electrons. The Morgan fingerprint density at radius 3 is 2.54 bits per heavy atom. The third kappa shape index (κ3) is 3.03. The van der Waals surface area contributed by atoms with Crippen LogP contribution in [0, 0.1) is 0 Å². The molecule has 2 aromatic heterocycles. The van der Waals surface area contributed by atoms with E-state index in [4.69, 9.17) is 11.6 Å². The van der Waals surface area contributed by atoms with Crippen molar-refractivity contribution in [2.45, 2.75) is 32.9 Å². The topological polar surface area (TPSA) is 73.8 Å². The first-order chi connectivity index (χ1) is 12.3. The van der Waals surface area contributed by atoms with Crippen LogP contribution in [0.5, 0.6) is 0 Å². The fourth-order valence-electron chi connectivity index (χ4n) is 2.83. The molecule has 0 amide bonds. The van der Waals surface area contributed by atoms with E-state index in [1.54, 1.807) is 11.6 Å². The van der Waals surface area contributed by atoms with Gasteiger partial charge in [0.15, 0.2) is 11.2 Å². The van der Waals surface area contributed by atoms with Crippen molar-refractivity contribution in [3.8, 4) is 0 Å². The van der Waals surface area contributed by atoms with Gasteiger partial charge >= 0.3 is 5.69 Å². The van der Waals surface area contributed by atoms with Gasteiger partial charge in [0.1, 0.15) is 0 Å². The van der Waals surface area contributed by atoms with E-state index < -0.39 is 5.69 Å². The molecule has 0 aliphatic heterocycles. The summed E-state index contributed by atoms with van der Waals surface area (Å²) >= 11 is 6.31. The van der Waals surface area contributed by atoms with Gasteiger partial charge in [-0.2, -0.15) is 4.98 Å². The summed E-state index contributed by atoms with van der Waals surface area (Å²) in [5, 5.41) is 3.94. The zero-order valence-electron chi connectivity index (χ0n) is 15.3. The standard InChI is InChI=1S/C18H22ClN5O2/c1-5-11(2)20-17-21-15-14(16(25)23(4)18(26)22(15)3)24(17)10-12-8-6-7-9-13(12)19/h6-9,11H,5,10H2,1-4H3,(H,20,21). The lowest BCUT2D eigenvalue weighted by molar-refractivity contribution is 0.701. The van der Waals surface area contributed by atoms with Crippen molar-refractivity contribution in [3.63, 3.8) is 0 Å². The van der Waals surface area contributed by atoms with Crippen LogP contribution in [0.1, 0.15) is 25.8 Å². The number of nitrogens with one attached hydrogen (secondary N) is 1. The molecule has 138 valence electrons. The summed E-state index contributed by atoms with van der Waals surface area (Å²) in [6, 6.07) is 7.64. The van der Waals surface area contributed by atoms with Gasteiger partial charge in [0.25, 0.3) is 5.56 Å². The number of rotatable bonds is 5. The summed E-state index contributed by atoms with van der Waals surface area (Å²) in [6.07, 6.45) is 0.895. The van der Waals surface area contributed by atoms with Crippen LogP contribution in [0.15, 0.2) is 33.9 Å². The van der Waals surface area contributed by atoms with Gasteiger partial charge in [-0.15, -0.1) is 0 Å². The van der Waals surface area contributed by atoms with E-state index in [0.717, 1.165) is 16.6 Å². The number of hydrogen-bond acceptors (Lipinski definition) is 4. The average molecular weight is 376 g/mol. The third-order valence-corrected chi connectivity index (χ3v) is 4.99. The smallest absolute Gasteiger partial charge is 0.332 e. The lowest BCUT2D eigenvalue weighted by atomic mass is 10.2. The molecule has 0 fully saturated rings. The Labute approximate surface area is 155 Å². The molecule has 2 heterocycles. The molecule has 8 heteroatoms. The predicted octanol–water partition coefficient (Wildman–Crippen LogP) is 2.35. The van der Waals surface area contributed by atoms with E-state index in [9.17, 15) is 9.59 Å². The Morgan fingerprint density at radius 1 is 1.19 bits per heavy atom. The molecule has 0 aliphatic rings. The van der Waals surface area contributed by atoms with E-state index in [2.05, 4.69) is 17.2 Å².